The minimum atomic E-state index is -2.21. The molecule has 0 unspecified atom stereocenters. The number of nitrogens with one attached hydrogen (secondary N) is 1. The Bertz CT molecular complexity index is 1140. The predicted molar refractivity (Wildman–Crippen MR) is 122 cm³/mol. The number of rotatable bonds is 8. The van der Waals surface area contributed by atoms with Gasteiger partial charge in [-0.3, -0.25) is 14.9 Å². The molecular weight excluding hydrogens is 458 g/mol. The van der Waals surface area contributed by atoms with Crippen LogP contribution in [0.1, 0.15) is 50.4 Å². The summed E-state index contributed by atoms with van der Waals surface area (Å²) in [6.45, 7) is 5.52. The Labute approximate surface area is 202 Å². The van der Waals surface area contributed by atoms with Crippen molar-refractivity contribution in [2.24, 2.45) is 0 Å². The fourth-order valence-corrected chi connectivity index (χ4v) is 4.05. The van der Waals surface area contributed by atoms with E-state index in [4.69, 9.17) is 23.7 Å². The molecule has 0 spiro atoms. The van der Waals surface area contributed by atoms with Gasteiger partial charge in [0.25, 0.3) is 0 Å². The first-order chi connectivity index (χ1) is 16.7. The van der Waals surface area contributed by atoms with Gasteiger partial charge in [0.2, 0.25) is 5.54 Å². The van der Waals surface area contributed by atoms with Gasteiger partial charge >= 0.3 is 23.9 Å². The Morgan fingerprint density at radius 2 is 1.46 bits per heavy atom. The first-order valence-electron chi connectivity index (χ1n) is 11.0. The molecule has 1 atom stereocenters. The molecule has 10 heteroatoms. The summed E-state index contributed by atoms with van der Waals surface area (Å²) in [6.07, 6.45) is 0. The second kappa shape index (κ2) is 10.6. The van der Waals surface area contributed by atoms with Gasteiger partial charge in [0.05, 0.1) is 26.4 Å². The summed E-state index contributed by atoms with van der Waals surface area (Å²) in [6, 6.07) is 8.80. The van der Waals surface area contributed by atoms with Crippen LogP contribution in [0.4, 0.5) is 0 Å². The fourth-order valence-electron chi connectivity index (χ4n) is 4.05. The molecule has 0 bridgehead atoms. The van der Waals surface area contributed by atoms with Gasteiger partial charge in [-0.25, -0.2) is 9.59 Å². The highest BCUT2D eigenvalue weighted by molar-refractivity contribution is 6.08. The summed E-state index contributed by atoms with van der Waals surface area (Å²) in [4.78, 5) is 50.8. The highest BCUT2D eigenvalue weighted by Crippen LogP contribution is 2.51. The number of carbonyl (C=O) groups is 4. The molecule has 2 aromatic carbocycles. The van der Waals surface area contributed by atoms with Crippen molar-refractivity contribution in [2.45, 2.75) is 39.3 Å². The molecule has 3 rings (SSSR count). The second-order valence-electron chi connectivity index (χ2n) is 7.58. The number of carbonyl (C=O) groups excluding carboxylic acids is 4. The molecule has 1 heterocycles. The van der Waals surface area contributed by atoms with E-state index in [1.807, 2.05) is 0 Å². The molecule has 1 aliphatic heterocycles. The van der Waals surface area contributed by atoms with Crippen molar-refractivity contribution in [3.05, 3.63) is 53.1 Å². The van der Waals surface area contributed by atoms with E-state index in [1.54, 1.807) is 38.1 Å². The van der Waals surface area contributed by atoms with Crippen LogP contribution < -0.4 is 19.5 Å². The largest absolute Gasteiger partial charge is 0.497 e. The van der Waals surface area contributed by atoms with Crippen LogP contribution in [0.3, 0.4) is 0 Å². The van der Waals surface area contributed by atoms with Crippen molar-refractivity contribution < 1.29 is 42.9 Å². The number of esters is 4. The lowest BCUT2D eigenvalue weighted by Gasteiger charge is -2.28. The zero-order valence-electron chi connectivity index (χ0n) is 20.1. The van der Waals surface area contributed by atoms with Crippen molar-refractivity contribution in [2.75, 3.05) is 20.3 Å². The minimum absolute atomic E-state index is 0.0313. The van der Waals surface area contributed by atoms with Crippen molar-refractivity contribution in [1.29, 1.82) is 0 Å². The summed E-state index contributed by atoms with van der Waals surface area (Å²) < 4.78 is 26.8. The molecule has 0 saturated heterocycles. The average Bonchev–Trinajstić information content (AvgIpc) is 3.19. The van der Waals surface area contributed by atoms with Crippen molar-refractivity contribution in [3.8, 4) is 17.2 Å². The first-order valence-corrected chi connectivity index (χ1v) is 11.0. The lowest BCUT2D eigenvalue weighted by atomic mass is 9.87. The third kappa shape index (κ3) is 4.83. The minimum Gasteiger partial charge on any atom is -0.497 e. The van der Waals surface area contributed by atoms with Gasteiger partial charge in [0.1, 0.15) is 17.2 Å². The Morgan fingerprint density at radius 1 is 0.886 bits per heavy atom. The zero-order chi connectivity index (χ0) is 25.8. The topological polar surface area (TPSA) is 126 Å². The molecule has 2 aromatic rings. The monoisotopic (exact) mass is 485 g/mol. The molecule has 0 aliphatic carbocycles. The Kier molecular flexibility index (Phi) is 7.75. The predicted octanol–water partition coefficient (Wildman–Crippen LogP) is 2.56. The van der Waals surface area contributed by atoms with E-state index in [0.717, 1.165) is 0 Å². The van der Waals surface area contributed by atoms with Crippen LogP contribution in [0.5, 0.6) is 17.2 Å². The average molecular weight is 485 g/mol. The molecule has 186 valence electrons. The van der Waals surface area contributed by atoms with Crippen LogP contribution in [0.2, 0.25) is 0 Å². The van der Waals surface area contributed by atoms with Gasteiger partial charge in [-0.2, -0.15) is 0 Å². The van der Waals surface area contributed by atoms with E-state index < -0.39 is 35.5 Å². The van der Waals surface area contributed by atoms with Crippen LogP contribution >= 0.6 is 0 Å². The highest BCUT2D eigenvalue weighted by atomic mass is 16.6. The number of benzene rings is 2. The third-order valence-electron chi connectivity index (χ3n) is 5.29. The normalized spacial score (nSPS) is 15.5. The second-order valence-corrected chi connectivity index (χ2v) is 7.58. The number of ether oxygens (including phenoxy) is 5. The molecule has 0 aromatic heterocycles. The Hall–Kier alpha value is -3.92. The van der Waals surface area contributed by atoms with E-state index in [9.17, 15) is 19.2 Å². The molecule has 0 radical (unpaired) electrons. The van der Waals surface area contributed by atoms with Crippen molar-refractivity contribution in [3.63, 3.8) is 0 Å². The summed E-state index contributed by atoms with van der Waals surface area (Å²) in [5, 5.41) is 3.05. The Morgan fingerprint density at radius 3 is 2.00 bits per heavy atom. The van der Waals surface area contributed by atoms with E-state index in [1.165, 1.54) is 33.1 Å². The van der Waals surface area contributed by atoms with Crippen molar-refractivity contribution >= 4 is 23.9 Å². The zero-order valence-corrected chi connectivity index (χ0v) is 20.1. The van der Waals surface area contributed by atoms with E-state index in [-0.39, 0.29) is 35.8 Å². The molecule has 10 nitrogen and oxygen atoms in total. The number of hydrogen-bond acceptors (Lipinski definition) is 10. The van der Waals surface area contributed by atoms with Gasteiger partial charge in [-0.15, -0.1) is 0 Å². The van der Waals surface area contributed by atoms with Crippen LogP contribution in [-0.4, -0.2) is 44.2 Å². The van der Waals surface area contributed by atoms with Crippen LogP contribution in [0.25, 0.3) is 0 Å². The third-order valence-corrected chi connectivity index (χ3v) is 5.29. The Balaban J connectivity index is 2.43. The molecule has 0 fully saturated rings. The molecule has 35 heavy (non-hydrogen) atoms. The van der Waals surface area contributed by atoms with Crippen LogP contribution in [-0.2, 0) is 34.2 Å². The first kappa shape index (κ1) is 25.7. The molecule has 0 saturated carbocycles. The molecule has 0 amide bonds. The smallest absolute Gasteiger partial charge is 0.343 e. The maximum absolute atomic E-state index is 13.5. The van der Waals surface area contributed by atoms with Crippen LogP contribution in [0, 0.1) is 0 Å². The lowest BCUT2D eigenvalue weighted by Crippen LogP contribution is -2.54. The maximum Gasteiger partial charge on any atom is 0.343 e. The quantitative estimate of drug-likeness (QED) is 0.339. The SMILES string of the molecule is CCOC(=O)C1(C(=O)OCC)N[C@H](c2cccc(OC)c2)c2c(OC(C)=O)ccc(OC(C)=O)c21. The van der Waals surface area contributed by atoms with Gasteiger partial charge in [-0.05, 0) is 43.7 Å². The summed E-state index contributed by atoms with van der Waals surface area (Å²) in [5.41, 5.74) is -1.42. The van der Waals surface area contributed by atoms with Gasteiger partial charge in [0.15, 0.2) is 0 Å². The standard InChI is InChI=1S/C25H27NO9/c1-6-32-23(29)25(24(30)33-7-2)21-19(35-15(4)28)12-11-18(34-14(3)27)20(21)22(26-25)16-9-8-10-17(13-16)31-5/h8-13,22,26H,6-7H2,1-5H3/t22-/m1/s1. The number of fused-ring (bicyclic) bond motifs is 1. The molecule has 1 aliphatic rings. The summed E-state index contributed by atoms with van der Waals surface area (Å²) in [5.74, 6) is -2.72. The highest BCUT2D eigenvalue weighted by Gasteiger charge is 2.60. The van der Waals surface area contributed by atoms with E-state index in [0.29, 0.717) is 11.3 Å². The number of hydrogen-bond donors (Lipinski definition) is 1. The van der Waals surface area contributed by atoms with Crippen LogP contribution in [0.15, 0.2) is 36.4 Å². The maximum atomic E-state index is 13.5. The van der Waals surface area contributed by atoms with Gasteiger partial charge < -0.3 is 23.7 Å². The number of methoxy groups -OCH3 is 1. The summed E-state index contributed by atoms with van der Waals surface area (Å²) in [7, 11) is 1.50. The lowest BCUT2D eigenvalue weighted by molar-refractivity contribution is -0.167. The van der Waals surface area contributed by atoms with Gasteiger partial charge in [0, 0.05) is 25.0 Å². The summed E-state index contributed by atoms with van der Waals surface area (Å²) >= 11 is 0. The van der Waals surface area contributed by atoms with Gasteiger partial charge in [-0.1, -0.05) is 12.1 Å². The van der Waals surface area contributed by atoms with E-state index in [2.05, 4.69) is 5.32 Å². The van der Waals surface area contributed by atoms with Crippen molar-refractivity contribution in [1.82, 2.24) is 5.32 Å². The molecular formula is C25H27NO9. The van der Waals surface area contributed by atoms with E-state index >= 15 is 0 Å². The molecule has 1 N–H and O–H groups in total. The fraction of sp³-hybridized carbons (Fsp3) is 0.360.